The van der Waals surface area contributed by atoms with E-state index in [0.717, 1.165) is 16.6 Å². The summed E-state index contributed by atoms with van der Waals surface area (Å²) in [5.74, 6) is -0.305. The van der Waals surface area contributed by atoms with Gasteiger partial charge in [0.15, 0.2) is 0 Å². The van der Waals surface area contributed by atoms with E-state index in [-0.39, 0.29) is 12.3 Å². The molecular formula is C12H13N3O. The summed E-state index contributed by atoms with van der Waals surface area (Å²) in [7, 11) is 0. The lowest BCUT2D eigenvalue weighted by Crippen LogP contribution is -2.13. The molecule has 3 rings (SSSR count). The molecule has 0 aliphatic heterocycles. The van der Waals surface area contributed by atoms with Crippen molar-refractivity contribution >= 4 is 16.9 Å². The highest BCUT2D eigenvalue weighted by atomic mass is 16.1. The third kappa shape index (κ3) is 1.56. The molecule has 0 spiro atoms. The van der Waals surface area contributed by atoms with Gasteiger partial charge in [0.2, 0.25) is 5.91 Å². The average Bonchev–Trinajstić information content (AvgIpc) is 2.98. The van der Waals surface area contributed by atoms with Crippen molar-refractivity contribution in [3.8, 4) is 0 Å². The number of primary amides is 1. The quantitative estimate of drug-likeness (QED) is 0.841. The number of benzene rings is 1. The molecule has 1 aromatic carbocycles. The minimum absolute atomic E-state index is 0.284. The van der Waals surface area contributed by atoms with Crippen molar-refractivity contribution in [2.45, 2.75) is 25.3 Å². The van der Waals surface area contributed by atoms with Crippen LogP contribution in [-0.4, -0.2) is 15.5 Å². The van der Waals surface area contributed by atoms with Crippen LogP contribution in [0.4, 0.5) is 0 Å². The van der Waals surface area contributed by atoms with Gasteiger partial charge < -0.3 is 10.3 Å². The van der Waals surface area contributed by atoms with Crippen LogP contribution < -0.4 is 5.73 Å². The van der Waals surface area contributed by atoms with Gasteiger partial charge in [0.05, 0.1) is 23.8 Å². The van der Waals surface area contributed by atoms with Gasteiger partial charge in [0.1, 0.15) is 0 Å². The van der Waals surface area contributed by atoms with E-state index in [4.69, 9.17) is 5.73 Å². The Kier molecular flexibility index (Phi) is 1.96. The van der Waals surface area contributed by atoms with Crippen molar-refractivity contribution in [2.75, 3.05) is 0 Å². The number of carbonyl (C=O) groups excluding carboxylic acids is 1. The van der Waals surface area contributed by atoms with Gasteiger partial charge in [-0.25, -0.2) is 4.98 Å². The molecule has 1 saturated carbocycles. The Morgan fingerprint density at radius 3 is 3.00 bits per heavy atom. The fourth-order valence-electron chi connectivity index (χ4n) is 2.03. The Morgan fingerprint density at radius 2 is 2.31 bits per heavy atom. The highest BCUT2D eigenvalue weighted by Gasteiger charge is 2.24. The molecular weight excluding hydrogens is 202 g/mol. The van der Waals surface area contributed by atoms with Crippen LogP contribution in [0.15, 0.2) is 24.5 Å². The minimum Gasteiger partial charge on any atom is -0.369 e. The number of imidazole rings is 1. The van der Waals surface area contributed by atoms with Crippen molar-refractivity contribution < 1.29 is 4.79 Å². The Hall–Kier alpha value is -1.84. The van der Waals surface area contributed by atoms with Crippen LogP contribution in [0.3, 0.4) is 0 Å². The van der Waals surface area contributed by atoms with Crippen LogP contribution in [0.25, 0.3) is 11.0 Å². The Balaban J connectivity index is 2.02. The van der Waals surface area contributed by atoms with Gasteiger partial charge in [-0.1, -0.05) is 6.07 Å². The SMILES string of the molecule is NC(=O)Cc1ccc2c(c1)ncn2C1CC1. The van der Waals surface area contributed by atoms with Crippen molar-refractivity contribution in [3.05, 3.63) is 30.1 Å². The summed E-state index contributed by atoms with van der Waals surface area (Å²) >= 11 is 0. The van der Waals surface area contributed by atoms with Gasteiger partial charge in [0.25, 0.3) is 0 Å². The lowest BCUT2D eigenvalue weighted by molar-refractivity contribution is -0.117. The maximum Gasteiger partial charge on any atom is 0.221 e. The van der Waals surface area contributed by atoms with Gasteiger partial charge in [-0.05, 0) is 30.5 Å². The van der Waals surface area contributed by atoms with Gasteiger partial charge in [0, 0.05) is 6.04 Å². The molecule has 1 aromatic heterocycles. The smallest absolute Gasteiger partial charge is 0.221 e. The number of amides is 1. The number of carbonyl (C=O) groups is 1. The maximum absolute atomic E-state index is 10.8. The van der Waals surface area contributed by atoms with Gasteiger partial charge in [-0.15, -0.1) is 0 Å². The van der Waals surface area contributed by atoms with Crippen LogP contribution in [-0.2, 0) is 11.2 Å². The van der Waals surface area contributed by atoms with E-state index in [1.807, 2.05) is 24.5 Å². The lowest BCUT2D eigenvalue weighted by atomic mass is 10.1. The zero-order valence-electron chi connectivity index (χ0n) is 8.89. The van der Waals surface area contributed by atoms with Crippen LogP contribution in [0.5, 0.6) is 0 Å². The first-order valence-corrected chi connectivity index (χ1v) is 5.48. The number of hydrogen-bond donors (Lipinski definition) is 1. The van der Waals surface area contributed by atoms with E-state index >= 15 is 0 Å². The second-order valence-corrected chi connectivity index (χ2v) is 4.35. The standard InChI is InChI=1S/C12H13N3O/c13-12(16)6-8-1-4-11-10(5-8)14-7-15(11)9-2-3-9/h1,4-5,7,9H,2-3,6H2,(H2,13,16). The second-order valence-electron chi connectivity index (χ2n) is 4.35. The summed E-state index contributed by atoms with van der Waals surface area (Å²) in [6, 6.07) is 6.55. The predicted octanol–water partition coefficient (Wildman–Crippen LogP) is 1.40. The monoisotopic (exact) mass is 215 g/mol. The summed E-state index contributed by atoms with van der Waals surface area (Å²) < 4.78 is 2.21. The summed E-state index contributed by atoms with van der Waals surface area (Å²) in [5, 5.41) is 0. The highest BCUT2D eigenvalue weighted by Crippen LogP contribution is 2.37. The van der Waals surface area contributed by atoms with E-state index in [9.17, 15) is 4.79 Å². The fourth-order valence-corrected chi connectivity index (χ4v) is 2.03. The van der Waals surface area contributed by atoms with Crippen molar-refractivity contribution in [1.82, 2.24) is 9.55 Å². The third-order valence-electron chi connectivity index (χ3n) is 2.96. The van der Waals surface area contributed by atoms with E-state index in [1.54, 1.807) is 0 Å². The Bertz CT molecular complexity index is 554. The van der Waals surface area contributed by atoms with E-state index in [1.165, 1.54) is 12.8 Å². The van der Waals surface area contributed by atoms with Crippen molar-refractivity contribution in [2.24, 2.45) is 5.73 Å². The highest BCUT2D eigenvalue weighted by molar-refractivity contribution is 5.80. The summed E-state index contributed by atoms with van der Waals surface area (Å²) in [4.78, 5) is 15.2. The first-order chi connectivity index (χ1) is 7.74. The predicted molar refractivity (Wildman–Crippen MR) is 60.9 cm³/mol. The molecule has 1 amide bonds. The summed E-state index contributed by atoms with van der Waals surface area (Å²) in [6.07, 6.45) is 4.66. The van der Waals surface area contributed by atoms with Gasteiger partial charge in [-0.3, -0.25) is 4.79 Å². The molecule has 16 heavy (non-hydrogen) atoms. The molecule has 1 heterocycles. The molecule has 1 aliphatic rings. The lowest BCUT2D eigenvalue weighted by Gasteiger charge is -2.01. The van der Waals surface area contributed by atoms with Crippen molar-refractivity contribution in [3.63, 3.8) is 0 Å². The zero-order chi connectivity index (χ0) is 11.1. The number of rotatable bonds is 3. The van der Waals surface area contributed by atoms with Crippen LogP contribution in [0.1, 0.15) is 24.4 Å². The maximum atomic E-state index is 10.8. The van der Waals surface area contributed by atoms with E-state index < -0.39 is 0 Å². The van der Waals surface area contributed by atoms with Crippen molar-refractivity contribution in [1.29, 1.82) is 0 Å². The molecule has 2 aromatic rings. The molecule has 0 bridgehead atoms. The number of nitrogens with zero attached hydrogens (tertiary/aromatic N) is 2. The first-order valence-electron chi connectivity index (χ1n) is 5.48. The van der Waals surface area contributed by atoms with E-state index in [2.05, 4.69) is 9.55 Å². The Labute approximate surface area is 93.1 Å². The number of hydrogen-bond acceptors (Lipinski definition) is 2. The minimum atomic E-state index is -0.305. The molecule has 1 aliphatic carbocycles. The molecule has 2 N–H and O–H groups in total. The van der Waals surface area contributed by atoms with Crippen LogP contribution >= 0.6 is 0 Å². The van der Waals surface area contributed by atoms with E-state index in [0.29, 0.717) is 6.04 Å². The molecule has 1 fully saturated rings. The summed E-state index contributed by atoms with van der Waals surface area (Å²) in [5.41, 5.74) is 8.20. The second kappa shape index (κ2) is 3.33. The first kappa shape index (κ1) is 9.39. The Morgan fingerprint density at radius 1 is 1.50 bits per heavy atom. The molecule has 0 unspecified atom stereocenters. The average molecular weight is 215 g/mol. The normalized spacial score (nSPS) is 15.5. The molecule has 0 atom stereocenters. The third-order valence-corrected chi connectivity index (χ3v) is 2.96. The molecule has 0 saturated heterocycles. The zero-order valence-corrected chi connectivity index (χ0v) is 8.89. The molecule has 0 radical (unpaired) electrons. The van der Waals surface area contributed by atoms with Crippen LogP contribution in [0.2, 0.25) is 0 Å². The molecule has 4 heteroatoms. The molecule has 4 nitrogen and oxygen atoms in total. The topological polar surface area (TPSA) is 60.9 Å². The number of aromatic nitrogens is 2. The fraction of sp³-hybridized carbons (Fsp3) is 0.333. The van der Waals surface area contributed by atoms with Gasteiger partial charge >= 0.3 is 0 Å². The van der Waals surface area contributed by atoms with Gasteiger partial charge in [-0.2, -0.15) is 0 Å². The largest absolute Gasteiger partial charge is 0.369 e. The number of fused-ring (bicyclic) bond motifs is 1. The van der Waals surface area contributed by atoms with Crippen LogP contribution in [0, 0.1) is 0 Å². The number of nitrogens with two attached hydrogens (primary N) is 1. The molecule has 82 valence electrons. The summed E-state index contributed by atoms with van der Waals surface area (Å²) in [6.45, 7) is 0.